The summed E-state index contributed by atoms with van der Waals surface area (Å²) >= 11 is 1.18. The summed E-state index contributed by atoms with van der Waals surface area (Å²) in [5.74, 6) is 0.416. The predicted molar refractivity (Wildman–Crippen MR) is 67.2 cm³/mol. The molecule has 2 heterocycles. The molecule has 0 aliphatic heterocycles. The highest BCUT2D eigenvalue weighted by Gasteiger charge is 2.16. The Morgan fingerprint density at radius 2 is 2.41 bits per heavy atom. The minimum absolute atomic E-state index is 0.212. The van der Waals surface area contributed by atoms with Gasteiger partial charge < -0.3 is 11.1 Å². The standard InChI is InChI=1S/C10H13N5OS/c1-3-6-4-12-15-8(6)14-9(16)7-5(2)13-10(11)17-7/h4H,3H2,1-2H3,(H2,11,13)(H2,12,14,15,16). The van der Waals surface area contributed by atoms with Crippen molar-refractivity contribution in [3.63, 3.8) is 0 Å². The van der Waals surface area contributed by atoms with E-state index in [1.54, 1.807) is 13.1 Å². The van der Waals surface area contributed by atoms with Crippen molar-refractivity contribution >= 4 is 28.2 Å². The Morgan fingerprint density at radius 3 is 3.00 bits per heavy atom. The smallest absolute Gasteiger partial charge is 0.268 e. The van der Waals surface area contributed by atoms with E-state index in [0.717, 1.165) is 12.0 Å². The number of anilines is 2. The summed E-state index contributed by atoms with van der Waals surface area (Å²) in [6.07, 6.45) is 2.50. The molecule has 0 fully saturated rings. The van der Waals surface area contributed by atoms with Crippen molar-refractivity contribution in [2.45, 2.75) is 20.3 Å². The quantitative estimate of drug-likeness (QED) is 0.771. The molecule has 0 saturated heterocycles. The molecular formula is C10H13N5OS. The van der Waals surface area contributed by atoms with Crippen molar-refractivity contribution < 1.29 is 4.79 Å². The molecule has 90 valence electrons. The molecule has 6 nitrogen and oxygen atoms in total. The maximum Gasteiger partial charge on any atom is 0.268 e. The van der Waals surface area contributed by atoms with E-state index >= 15 is 0 Å². The maximum atomic E-state index is 12.0. The van der Waals surface area contributed by atoms with Gasteiger partial charge in [0.05, 0.1) is 11.9 Å². The number of aryl methyl sites for hydroxylation is 2. The van der Waals surface area contributed by atoms with Crippen molar-refractivity contribution in [2.75, 3.05) is 11.1 Å². The van der Waals surface area contributed by atoms with Gasteiger partial charge in [-0.3, -0.25) is 9.89 Å². The van der Waals surface area contributed by atoms with E-state index in [4.69, 9.17) is 5.73 Å². The number of hydrogen-bond acceptors (Lipinski definition) is 5. The molecule has 7 heteroatoms. The van der Waals surface area contributed by atoms with Gasteiger partial charge in [0, 0.05) is 5.56 Å². The predicted octanol–water partition coefficient (Wildman–Crippen LogP) is 1.57. The number of nitrogens with one attached hydrogen (secondary N) is 2. The maximum absolute atomic E-state index is 12.0. The van der Waals surface area contributed by atoms with E-state index in [-0.39, 0.29) is 5.91 Å². The van der Waals surface area contributed by atoms with Crippen molar-refractivity contribution in [2.24, 2.45) is 0 Å². The van der Waals surface area contributed by atoms with Crippen LogP contribution < -0.4 is 11.1 Å². The lowest BCUT2D eigenvalue weighted by atomic mass is 10.2. The van der Waals surface area contributed by atoms with Crippen molar-refractivity contribution in [3.8, 4) is 0 Å². The van der Waals surface area contributed by atoms with Gasteiger partial charge in [0.1, 0.15) is 10.7 Å². The Morgan fingerprint density at radius 1 is 1.65 bits per heavy atom. The van der Waals surface area contributed by atoms with Gasteiger partial charge in [-0.1, -0.05) is 18.3 Å². The van der Waals surface area contributed by atoms with E-state index in [9.17, 15) is 4.79 Å². The van der Waals surface area contributed by atoms with Gasteiger partial charge in [0.25, 0.3) is 5.91 Å². The van der Waals surface area contributed by atoms with E-state index in [2.05, 4.69) is 20.5 Å². The van der Waals surface area contributed by atoms with Crippen LogP contribution in [0.1, 0.15) is 27.9 Å². The summed E-state index contributed by atoms with van der Waals surface area (Å²) in [5, 5.41) is 9.81. The molecule has 17 heavy (non-hydrogen) atoms. The third kappa shape index (κ3) is 2.28. The summed E-state index contributed by atoms with van der Waals surface area (Å²) < 4.78 is 0. The molecule has 2 aromatic heterocycles. The van der Waals surface area contributed by atoms with Crippen LogP contribution in [-0.4, -0.2) is 21.1 Å². The molecule has 0 unspecified atom stereocenters. The Bertz CT molecular complexity index is 545. The zero-order chi connectivity index (χ0) is 12.4. The first-order valence-corrected chi connectivity index (χ1v) is 6.00. The van der Waals surface area contributed by atoms with Crippen molar-refractivity contribution in [3.05, 3.63) is 22.3 Å². The fourth-order valence-electron chi connectivity index (χ4n) is 1.49. The molecule has 0 saturated carbocycles. The largest absolute Gasteiger partial charge is 0.375 e. The summed E-state index contributed by atoms with van der Waals surface area (Å²) in [6.45, 7) is 3.76. The average molecular weight is 251 g/mol. The lowest BCUT2D eigenvalue weighted by molar-refractivity contribution is 0.102. The zero-order valence-electron chi connectivity index (χ0n) is 9.57. The highest BCUT2D eigenvalue weighted by atomic mass is 32.1. The van der Waals surface area contributed by atoms with Crippen LogP contribution in [0.3, 0.4) is 0 Å². The third-order valence-electron chi connectivity index (χ3n) is 2.36. The van der Waals surface area contributed by atoms with Crippen LogP contribution in [0.4, 0.5) is 10.9 Å². The molecule has 0 aliphatic carbocycles. The second-order valence-electron chi connectivity index (χ2n) is 3.54. The first-order valence-electron chi connectivity index (χ1n) is 5.18. The second-order valence-corrected chi connectivity index (χ2v) is 4.58. The minimum atomic E-state index is -0.212. The molecule has 1 amide bonds. The van der Waals surface area contributed by atoms with Crippen molar-refractivity contribution in [1.29, 1.82) is 0 Å². The Hall–Kier alpha value is -1.89. The van der Waals surface area contributed by atoms with Gasteiger partial charge in [0.2, 0.25) is 0 Å². The number of nitrogen functional groups attached to an aromatic ring is 1. The number of carbonyl (C=O) groups excluding carboxylic acids is 1. The Labute approximate surface area is 102 Å². The highest BCUT2D eigenvalue weighted by molar-refractivity contribution is 7.17. The van der Waals surface area contributed by atoms with Gasteiger partial charge >= 0.3 is 0 Å². The molecule has 2 rings (SSSR count). The molecule has 0 spiro atoms. The average Bonchev–Trinajstić information content (AvgIpc) is 2.84. The van der Waals surface area contributed by atoms with Crippen LogP contribution in [0.2, 0.25) is 0 Å². The number of carbonyl (C=O) groups is 1. The number of thiazole rings is 1. The first kappa shape index (κ1) is 11.6. The second kappa shape index (κ2) is 4.54. The fourth-order valence-corrected chi connectivity index (χ4v) is 2.21. The summed E-state index contributed by atoms with van der Waals surface area (Å²) in [6, 6.07) is 0. The van der Waals surface area contributed by atoms with Crippen molar-refractivity contribution in [1.82, 2.24) is 15.2 Å². The molecule has 0 radical (unpaired) electrons. The molecule has 0 aliphatic rings. The summed E-state index contributed by atoms with van der Waals surface area (Å²) in [4.78, 5) is 16.5. The monoisotopic (exact) mass is 251 g/mol. The lowest BCUT2D eigenvalue weighted by Gasteiger charge is -2.02. The van der Waals surface area contributed by atoms with E-state index in [1.807, 2.05) is 6.92 Å². The first-order chi connectivity index (χ1) is 8.11. The number of aromatic amines is 1. The van der Waals surface area contributed by atoms with E-state index in [0.29, 0.717) is 21.5 Å². The topological polar surface area (TPSA) is 96.7 Å². The fraction of sp³-hybridized carbons (Fsp3) is 0.300. The molecule has 4 N–H and O–H groups in total. The number of nitrogens with two attached hydrogens (primary N) is 1. The number of hydrogen-bond donors (Lipinski definition) is 3. The van der Waals surface area contributed by atoms with Gasteiger partial charge in [-0.15, -0.1) is 0 Å². The number of aromatic nitrogens is 3. The highest BCUT2D eigenvalue weighted by Crippen LogP contribution is 2.21. The Balaban J connectivity index is 2.20. The van der Waals surface area contributed by atoms with Gasteiger partial charge in [0.15, 0.2) is 5.13 Å². The molecule has 0 bridgehead atoms. The number of rotatable bonds is 3. The zero-order valence-corrected chi connectivity index (χ0v) is 10.4. The van der Waals surface area contributed by atoms with Crippen LogP contribution in [0.25, 0.3) is 0 Å². The van der Waals surface area contributed by atoms with E-state index < -0.39 is 0 Å². The molecule has 0 aromatic carbocycles. The van der Waals surface area contributed by atoms with Crippen LogP contribution >= 0.6 is 11.3 Å². The summed E-state index contributed by atoms with van der Waals surface area (Å²) in [7, 11) is 0. The molecule has 2 aromatic rings. The number of H-pyrrole nitrogens is 1. The Kier molecular flexibility index (Phi) is 3.10. The summed E-state index contributed by atoms with van der Waals surface area (Å²) in [5.41, 5.74) is 7.16. The number of amides is 1. The van der Waals surface area contributed by atoms with Crippen LogP contribution in [0.5, 0.6) is 0 Å². The van der Waals surface area contributed by atoms with Crippen LogP contribution in [0, 0.1) is 6.92 Å². The normalized spacial score (nSPS) is 10.5. The van der Waals surface area contributed by atoms with Gasteiger partial charge in [-0.2, -0.15) is 5.10 Å². The van der Waals surface area contributed by atoms with Crippen LogP contribution in [0.15, 0.2) is 6.20 Å². The number of nitrogens with zero attached hydrogens (tertiary/aromatic N) is 2. The molecule has 0 atom stereocenters. The van der Waals surface area contributed by atoms with Gasteiger partial charge in [-0.05, 0) is 13.3 Å². The molecular weight excluding hydrogens is 238 g/mol. The third-order valence-corrected chi connectivity index (χ3v) is 3.34. The van der Waals surface area contributed by atoms with Crippen LogP contribution in [-0.2, 0) is 6.42 Å². The van der Waals surface area contributed by atoms with Gasteiger partial charge in [-0.25, -0.2) is 4.98 Å². The van der Waals surface area contributed by atoms with E-state index in [1.165, 1.54) is 11.3 Å². The minimum Gasteiger partial charge on any atom is -0.375 e. The SMILES string of the molecule is CCc1cn[nH]c1NC(=O)c1sc(N)nc1C. The lowest BCUT2D eigenvalue weighted by Crippen LogP contribution is -2.13.